The van der Waals surface area contributed by atoms with Gasteiger partial charge in [0.2, 0.25) is 15.9 Å². The van der Waals surface area contributed by atoms with Crippen LogP contribution in [0.5, 0.6) is 0 Å². The van der Waals surface area contributed by atoms with Crippen LogP contribution in [-0.4, -0.2) is 51.0 Å². The first-order valence-electron chi connectivity index (χ1n) is 8.91. The summed E-state index contributed by atoms with van der Waals surface area (Å²) in [7, 11) is -3.78. The summed E-state index contributed by atoms with van der Waals surface area (Å²) < 4.78 is 33.4. The van der Waals surface area contributed by atoms with Gasteiger partial charge in [-0.2, -0.15) is 9.57 Å². The van der Waals surface area contributed by atoms with Gasteiger partial charge in [0.15, 0.2) is 0 Å². The Morgan fingerprint density at radius 1 is 1.15 bits per heavy atom. The van der Waals surface area contributed by atoms with Crippen molar-refractivity contribution < 1.29 is 17.9 Å². The number of nitriles is 1. The Morgan fingerprint density at radius 3 is 2.62 bits per heavy atom. The molecule has 1 saturated carbocycles. The molecular weight excluding hydrogens is 354 g/mol. The molecule has 1 saturated heterocycles. The van der Waals surface area contributed by atoms with Crippen LogP contribution >= 0.6 is 0 Å². The number of carbonyl (C=O) groups excluding carboxylic acids is 1. The van der Waals surface area contributed by atoms with Gasteiger partial charge in [0.25, 0.3) is 0 Å². The second-order valence-corrected chi connectivity index (χ2v) is 8.50. The van der Waals surface area contributed by atoms with E-state index in [1.807, 2.05) is 6.07 Å². The average Bonchev–Trinajstić information content (AvgIpc) is 2.67. The van der Waals surface area contributed by atoms with Crippen LogP contribution in [0.15, 0.2) is 29.2 Å². The van der Waals surface area contributed by atoms with Crippen molar-refractivity contribution in [2.75, 3.05) is 26.3 Å². The Balaban J connectivity index is 1.96. The number of ether oxygens (including phenoxy) is 1. The van der Waals surface area contributed by atoms with Crippen molar-refractivity contribution in [2.24, 2.45) is 5.92 Å². The Kier molecular flexibility index (Phi) is 5.91. The van der Waals surface area contributed by atoms with Crippen molar-refractivity contribution >= 4 is 15.9 Å². The van der Waals surface area contributed by atoms with Gasteiger partial charge in [-0.25, -0.2) is 8.42 Å². The van der Waals surface area contributed by atoms with Gasteiger partial charge in [-0.05, 0) is 37.1 Å². The molecule has 1 aromatic carbocycles. The fourth-order valence-electron chi connectivity index (χ4n) is 3.70. The lowest BCUT2D eigenvalue weighted by molar-refractivity contribution is -0.128. The van der Waals surface area contributed by atoms with E-state index in [0.29, 0.717) is 31.6 Å². The van der Waals surface area contributed by atoms with Crippen LogP contribution in [0.2, 0.25) is 0 Å². The lowest BCUT2D eigenvalue weighted by Gasteiger charge is -2.39. The quantitative estimate of drug-likeness (QED) is 0.836. The van der Waals surface area contributed by atoms with E-state index in [1.54, 1.807) is 0 Å². The highest BCUT2D eigenvalue weighted by molar-refractivity contribution is 7.89. The molecule has 0 bridgehead atoms. The molecule has 1 N–H and O–H groups in total. The summed E-state index contributed by atoms with van der Waals surface area (Å²) in [5.41, 5.74) is 0.406. The Hall–Kier alpha value is -1.95. The van der Waals surface area contributed by atoms with Crippen LogP contribution in [-0.2, 0) is 19.6 Å². The predicted molar refractivity (Wildman–Crippen MR) is 94.6 cm³/mol. The summed E-state index contributed by atoms with van der Waals surface area (Å²) in [5.74, 6) is -0.435. The molecule has 140 valence electrons. The molecule has 3 rings (SSSR count). The maximum atomic E-state index is 13.3. The number of rotatable bonds is 2. The van der Waals surface area contributed by atoms with Gasteiger partial charge < -0.3 is 10.1 Å². The number of amides is 1. The van der Waals surface area contributed by atoms with Crippen molar-refractivity contribution in [3.05, 3.63) is 29.8 Å². The number of nitrogens with one attached hydrogen (secondary N) is 1. The largest absolute Gasteiger partial charge is 0.378 e. The number of nitrogens with zero attached hydrogens (tertiary/aromatic N) is 2. The van der Waals surface area contributed by atoms with E-state index in [2.05, 4.69) is 5.32 Å². The van der Waals surface area contributed by atoms with E-state index in [0.717, 1.165) is 12.8 Å². The first-order chi connectivity index (χ1) is 12.5. The van der Waals surface area contributed by atoms with Crippen LogP contribution in [0.25, 0.3) is 0 Å². The second kappa shape index (κ2) is 8.16. The van der Waals surface area contributed by atoms with Crippen molar-refractivity contribution in [3.63, 3.8) is 0 Å². The van der Waals surface area contributed by atoms with E-state index in [4.69, 9.17) is 10.00 Å². The number of carbonyl (C=O) groups is 1. The summed E-state index contributed by atoms with van der Waals surface area (Å²) in [6, 6.07) is 7.51. The second-order valence-electron chi connectivity index (χ2n) is 6.61. The highest BCUT2D eigenvalue weighted by Gasteiger charge is 2.40. The van der Waals surface area contributed by atoms with Gasteiger partial charge in [0.05, 0.1) is 35.7 Å². The Bertz CT molecular complexity index is 786. The lowest BCUT2D eigenvalue weighted by atomic mass is 9.83. The maximum absolute atomic E-state index is 13.3. The molecule has 7 nitrogen and oxygen atoms in total. The van der Waals surface area contributed by atoms with Crippen LogP contribution < -0.4 is 5.32 Å². The van der Waals surface area contributed by atoms with Gasteiger partial charge in [-0.1, -0.05) is 12.8 Å². The minimum Gasteiger partial charge on any atom is -0.378 e. The van der Waals surface area contributed by atoms with Crippen molar-refractivity contribution in [3.8, 4) is 6.07 Å². The van der Waals surface area contributed by atoms with E-state index in [1.165, 1.54) is 28.6 Å². The molecule has 1 amide bonds. The fourth-order valence-corrected chi connectivity index (χ4v) is 5.37. The third-order valence-electron chi connectivity index (χ3n) is 5.03. The molecule has 8 heteroatoms. The molecule has 0 radical (unpaired) electrons. The molecular formula is C18H23N3O4S. The molecule has 2 atom stereocenters. The standard InChI is InChI=1S/C18H23N3O4S/c19-13-14-5-7-15(8-6-14)26(23,24)21-10-12-25-11-9-20-18(22)16-3-1-2-4-17(16)21/h5-8,16-17H,1-4,9-12H2,(H,20,22)/t16-,17+/m0/s1. The molecule has 1 aliphatic carbocycles. The summed E-state index contributed by atoms with van der Waals surface area (Å²) in [5, 5.41) is 11.8. The molecule has 26 heavy (non-hydrogen) atoms. The monoisotopic (exact) mass is 377 g/mol. The summed E-state index contributed by atoms with van der Waals surface area (Å²) in [6.07, 6.45) is 3.18. The van der Waals surface area contributed by atoms with Crippen molar-refractivity contribution in [2.45, 2.75) is 36.6 Å². The molecule has 1 aromatic rings. The third kappa shape index (κ3) is 3.90. The van der Waals surface area contributed by atoms with E-state index < -0.39 is 10.0 Å². The molecule has 1 heterocycles. The molecule has 0 unspecified atom stereocenters. The highest BCUT2D eigenvalue weighted by Crippen LogP contribution is 2.32. The number of hydrogen-bond donors (Lipinski definition) is 1. The maximum Gasteiger partial charge on any atom is 0.243 e. The summed E-state index contributed by atoms with van der Waals surface area (Å²) >= 11 is 0. The minimum atomic E-state index is -3.78. The number of fused-ring (bicyclic) bond motifs is 1. The first-order valence-corrected chi connectivity index (χ1v) is 10.4. The van der Waals surface area contributed by atoms with Crippen LogP contribution in [0.1, 0.15) is 31.2 Å². The smallest absolute Gasteiger partial charge is 0.243 e. The minimum absolute atomic E-state index is 0.0970. The lowest BCUT2D eigenvalue weighted by Crippen LogP contribution is -2.52. The van der Waals surface area contributed by atoms with Crippen molar-refractivity contribution in [1.82, 2.24) is 9.62 Å². The SMILES string of the molecule is N#Cc1ccc(S(=O)(=O)N2CCOCCNC(=O)[C@H]3CCCC[C@H]32)cc1. The molecule has 2 fully saturated rings. The zero-order chi connectivity index (χ0) is 18.6. The van der Waals surface area contributed by atoms with Gasteiger partial charge in [0.1, 0.15) is 0 Å². The molecule has 0 aromatic heterocycles. The zero-order valence-corrected chi connectivity index (χ0v) is 15.4. The molecule has 2 aliphatic rings. The molecule has 0 spiro atoms. The third-order valence-corrected chi connectivity index (χ3v) is 6.97. The summed E-state index contributed by atoms with van der Waals surface area (Å²) in [4.78, 5) is 12.7. The number of sulfonamides is 1. The fraction of sp³-hybridized carbons (Fsp3) is 0.556. The Labute approximate surface area is 154 Å². The van der Waals surface area contributed by atoms with E-state index in [9.17, 15) is 13.2 Å². The summed E-state index contributed by atoms with van der Waals surface area (Å²) in [6.45, 7) is 1.32. The Morgan fingerprint density at radius 2 is 1.88 bits per heavy atom. The van der Waals surface area contributed by atoms with Gasteiger partial charge in [0, 0.05) is 19.1 Å². The van der Waals surface area contributed by atoms with Crippen LogP contribution in [0.3, 0.4) is 0 Å². The predicted octanol–water partition coefficient (Wildman–Crippen LogP) is 1.25. The van der Waals surface area contributed by atoms with Gasteiger partial charge in [-0.3, -0.25) is 4.79 Å². The van der Waals surface area contributed by atoms with Gasteiger partial charge >= 0.3 is 0 Å². The van der Waals surface area contributed by atoms with E-state index in [-0.39, 0.29) is 35.9 Å². The van der Waals surface area contributed by atoms with Gasteiger partial charge in [-0.15, -0.1) is 0 Å². The number of hydrogen-bond acceptors (Lipinski definition) is 5. The number of benzene rings is 1. The van der Waals surface area contributed by atoms with Crippen molar-refractivity contribution in [1.29, 1.82) is 5.26 Å². The topological polar surface area (TPSA) is 99.5 Å². The first kappa shape index (κ1) is 18.8. The van der Waals surface area contributed by atoms with Crippen LogP contribution in [0, 0.1) is 17.2 Å². The van der Waals surface area contributed by atoms with Crippen LogP contribution in [0.4, 0.5) is 0 Å². The average molecular weight is 377 g/mol. The zero-order valence-electron chi connectivity index (χ0n) is 14.6. The normalized spacial score (nSPS) is 25.6. The van der Waals surface area contributed by atoms with E-state index >= 15 is 0 Å². The molecule has 1 aliphatic heterocycles. The highest BCUT2D eigenvalue weighted by atomic mass is 32.2.